The zero-order chi connectivity index (χ0) is 38.6. The Kier molecular flexibility index (Phi) is 28.3. The number of cyclic esters (lactones) is 1. The van der Waals surface area contributed by atoms with Gasteiger partial charge in [-0.15, -0.1) is 0 Å². The zero-order valence-corrected chi connectivity index (χ0v) is 35.2. The summed E-state index contributed by atoms with van der Waals surface area (Å²) in [6, 6.07) is 0. The largest absolute Gasteiger partial charge is 0.531 e. The molecule has 0 spiro atoms. The quantitative estimate of drug-likeness (QED) is 0.0324. The highest BCUT2D eigenvalue weighted by Gasteiger charge is 2.47. The van der Waals surface area contributed by atoms with Gasteiger partial charge in [-0.2, -0.15) is 0 Å². The molecule has 3 N–H and O–H groups in total. The van der Waals surface area contributed by atoms with Crippen molar-refractivity contribution in [3.05, 3.63) is 11.5 Å². The summed E-state index contributed by atoms with van der Waals surface area (Å²) in [5, 5.41) is 30.5. The summed E-state index contributed by atoms with van der Waals surface area (Å²) in [6.07, 6.45) is 24.5. The molecule has 0 fully saturated rings. The molecule has 0 radical (unpaired) electrons. The molecule has 9 nitrogen and oxygen atoms in total. The number of hydrogen-bond donors (Lipinski definition) is 3. The lowest BCUT2D eigenvalue weighted by Crippen LogP contribution is -2.31. The molecule has 1 aliphatic heterocycles. The second-order valence-electron chi connectivity index (χ2n) is 15.6. The molecule has 52 heavy (non-hydrogen) atoms. The van der Waals surface area contributed by atoms with E-state index in [1.54, 1.807) is 0 Å². The van der Waals surface area contributed by atoms with Crippen molar-refractivity contribution in [2.45, 2.75) is 233 Å². The van der Waals surface area contributed by atoms with E-state index in [4.69, 9.17) is 18.3 Å². The maximum Gasteiger partial charge on any atom is 0.531 e. The fraction of sp³-hybridized carbons (Fsp3) is 0.929. The van der Waals surface area contributed by atoms with Crippen LogP contribution in [0.4, 0.5) is 0 Å². The van der Waals surface area contributed by atoms with Gasteiger partial charge < -0.3 is 24.6 Å². The van der Waals surface area contributed by atoms with E-state index in [0.29, 0.717) is 12.8 Å². The first kappa shape index (κ1) is 48.9. The summed E-state index contributed by atoms with van der Waals surface area (Å²) >= 11 is 0. The van der Waals surface area contributed by atoms with Crippen LogP contribution < -0.4 is 0 Å². The van der Waals surface area contributed by atoms with Gasteiger partial charge in [0.15, 0.2) is 11.9 Å². The fourth-order valence-electron chi connectivity index (χ4n) is 7.03. The van der Waals surface area contributed by atoms with E-state index in [0.717, 1.165) is 77.0 Å². The number of aliphatic hydroxyl groups excluding tert-OH is 3. The number of carbonyl (C=O) groups is 1. The Morgan fingerprint density at radius 1 is 0.615 bits per heavy atom. The number of hydrogen-bond acceptors (Lipinski definition) is 9. The SMILES string of the molecule is CCCCCCCCCCCC(OP(=O)(OC1=C(O)[C@@H](C(O)CO)OC1=O)OC(CCCCCCCCCCC)C(C)CCCC)C(C)CCCC. The minimum atomic E-state index is -4.51. The van der Waals surface area contributed by atoms with Crippen LogP contribution in [0.25, 0.3) is 0 Å². The molecule has 0 aromatic rings. The average Bonchev–Trinajstić information content (AvgIpc) is 3.41. The van der Waals surface area contributed by atoms with Crippen LogP contribution >= 0.6 is 7.82 Å². The average molecular weight is 761 g/mol. The molecule has 5 unspecified atom stereocenters. The van der Waals surface area contributed by atoms with Crippen molar-refractivity contribution in [2.75, 3.05) is 6.61 Å². The Bertz CT molecular complexity index is 927. The third-order valence-corrected chi connectivity index (χ3v) is 12.1. The molecule has 0 amide bonds. The molecule has 6 atom stereocenters. The molecule has 308 valence electrons. The predicted octanol–water partition coefficient (Wildman–Crippen LogP) is 12.4. The van der Waals surface area contributed by atoms with E-state index in [-0.39, 0.29) is 11.8 Å². The van der Waals surface area contributed by atoms with Crippen LogP contribution in [0.15, 0.2) is 11.5 Å². The van der Waals surface area contributed by atoms with E-state index in [1.165, 1.54) is 77.0 Å². The molecular formula is C42H81O9P. The van der Waals surface area contributed by atoms with Crippen molar-refractivity contribution >= 4 is 13.8 Å². The minimum Gasteiger partial charge on any atom is -0.505 e. The normalized spacial score (nSPS) is 18.9. The molecule has 1 aliphatic rings. The van der Waals surface area contributed by atoms with Crippen LogP contribution in [0.3, 0.4) is 0 Å². The number of aliphatic hydroxyl groups is 3. The molecule has 0 aromatic carbocycles. The van der Waals surface area contributed by atoms with Crippen molar-refractivity contribution in [3.63, 3.8) is 0 Å². The second kappa shape index (κ2) is 30.1. The summed E-state index contributed by atoms with van der Waals surface area (Å²) in [4.78, 5) is 12.9. The van der Waals surface area contributed by atoms with E-state index >= 15 is 0 Å². The summed E-state index contributed by atoms with van der Waals surface area (Å²) in [6.45, 7) is 12.2. The molecular weight excluding hydrogens is 679 g/mol. The van der Waals surface area contributed by atoms with Crippen molar-refractivity contribution in [3.8, 4) is 0 Å². The fourth-order valence-corrected chi connectivity index (χ4v) is 8.85. The molecule has 0 aliphatic carbocycles. The predicted molar refractivity (Wildman–Crippen MR) is 212 cm³/mol. The maximum absolute atomic E-state index is 15.0. The van der Waals surface area contributed by atoms with Crippen LogP contribution in [0.5, 0.6) is 0 Å². The highest BCUT2D eigenvalue weighted by molar-refractivity contribution is 7.48. The van der Waals surface area contributed by atoms with Crippen molar-refractivity contribution in [1.29, 1.82) is 0 Å². The molecule has 10 heteroatoms. The third kappa shape index (κ3) is 20.5. The van der Waals surface area contributed by atoms with Gasteiger partial charge in [0.2, 0.25) is 0 Å². The van der Waals surface area contributed by atoms with Crippen LogP contribution in [0.2, 0.25) is 0 Å². The van der Waals surface area contributed by atoms with Crippen LogP contribution in [0, 0.1) is 11.8 Å². The Morgan fingerprint density at radius 3 is 1.35 bits per heavy atom. The molecule has 0 bridgehead atoms. The van der Waals surface area contributed by atoms with Crippen molar-refractivity contribution in [2.24, 2.45) is 11.8 Å². The Morgan fingerprint density at radius 2 is 0.981 bits per heavy atom. The summed E-state index contributed by atoms with van der Waals surface area (Å²) in [5.74, 6) is -2.36. The lowest BCUT2D eigenvalue weighted by atomic mass is 9.94. The molecule has 0 saturated carbocycles. The van der Waals surface area contributed by atoms with Crippen molar-refractivity contribution in [1.82, 2.24) is 0 Å². The van der Waals surface area contributed by atoms with Crippen LogP contribution in [0.1, 0.15) is 208 Å². The summed E-state index contributed by atoms with van der Waals surface area (Å²) in [5.41, 5.74) is 0. The van der Waals surface area contributed by atoms with Gasteiger partial charge in [0.05, 0.1) is 18.8 Å². The monoisotopic (exact) mass is 761 g/mol. The highest BCUT2D eigenvalue weighted by atomic mass is 31.2. The molecule has 1 heterocycles. The zero-order valence-electron chi connectivity index (χ0n) is 34.3. The topological polar surface area (TPSA) is 132 Å². The summed E-state index contributed by atoms with van der Waals surface area (Å²) < 4.78 is 38.9. The maximum atomic E-state index is 15.0. The Labute approximate surface area is 319 Å². The van der Waals surface area contributed by atoms with Gasteiger partial charge in [-0.3, -0.25) is 9.05 Å². The summed E-state index contributed by atoms with van der Waals surface area (Å²) in [7, 11) is -4.51. The van der Waals surface area contributed by atoms with E-state index in [9.17, 15) is 24.7 Å². The molecule has 1 rings (SSSR count). The first-order valence-corrected chi connectivity index (χ1v) is 23.1. The van der Waals surface area contributed by atoms with E-state index < -0.39 is 56.3 Å². The van der Waals surface area contributed by atoms with Gasteiger partial charge in [-0.25, -0.2) is 9.36 Å². The van der Waals surface area contributed by atoms with Gasteiger partial charge in [0.1, 0.15) is 6.10 Å². The number of ether oxygens (including phenoxy) is 1. The number of phosphoric ester groups is 1. The number of unbranched alkanes of at least 4 members (excludes halogenated alkanes) is 18. The molecule has 0 aromatic heterocycles. The van der Waals surface area contributed by atoms with Gasteiger partial charge in [-0.1, -0.05) is 183 Å². The number of phosphoric acid groups is 1. The smallest absolute Gasteiger partial charge is 0.505 e. The Balaban J connectivity index is 3.24. The van der Waals surface area contributed by atoms with Crippen LogP contribution in [-0.2, 0) is 27.7 Å². The third-order valence-electron chi connectivity index (χ3n) is 10.7. The van der Waals surface area contributed by atoms with E-state index in [1.807, 2.05) is 0 Å². The number of carbonyl (C=O) groups excluding carboxylic acids is 1. The lowest BCUT2D eigenvalue weighted by molar-refractivity contribution is -0.147. The molecule has 0 saturated heterocycles. The standard InChI is InChI=1S/C42H81O9P/c1-7-11-15-17-19-21-23-25-27-31-37(34(5)29-13-9-3)49-52(47,51-41-39(45)40(36(44)33-43)48-42(41)46)50-38(35(6)30-14-10-4)32-28-26-24-22-20-18-16-12-8-2/h34-38,40,43-45H,7-33H2,1-6H3/t34?,35?,36?,37?,38?,40-,52?/m1/s1. The highest BCUT2D eigenvalue weighted by Crippen LogP contribution is 2.57. The number of rotatable bonds is 36. The first-order valence-electron chi connectivity index (χ1n) is 21.7. The first-order chi connectivity index (χ1) is 25.1. The van der Waals surface area contributed by atoms with Gasteiger partial charge in [0, 0.05) is 0 Å². The lowest BCUT2D eigenvalue weighted by Gasteiger charge is -2.32. The van der Waals surface area contributed by atoms with Gasteiger partial charge >= 0.3 is 13.8 Å². The van der Waals surface area contributed by atoms with Gasteiger partial charge in [0.25, 0.3) is 5.76 Å². The van der Waals surface area contributed by atoms with Gasteiger partial charge in [-0.05, 0) is 37.5 Å². The number of esters is 1. The van der Waals surface area contributed by atoms with Crippen LogP contribution in [-0.4, -0.2) is 52.3 Å². The Hall–Kier alpha value is -1.12. The van der Waals surface area contributed by atoms with Crippen molar-refractivity contribution < 1.29 is 43.0 Å². The van der Waals surface area contributed by atoms with E-state index in [2.05, 4.69) is 41.5 Å². The minimum absolute atomic E-state index is 0.0601. The second-order valence-corrected chi connectivity index (χ2v) is 17.1.